The zero-order valence-electron chi connectivity index (χ0n) is 16.3. The van der Waals surface area contributed by atoms with E-state index in [2.05, 4.69) is 15.4 Å². The van der Waals surface area contributed by atoms with Gasteiger partial charge in [-0.1, -0.05) is 36.4 Å². The van der Waals surface area contributed by atoms with Gasteiger partial charge >= 0.3 is 6.61 Å². The van der Waals surface area contributed by atoms with Gasteiger partial charge in [-0.15, -0.1) is 0 Å². The Morgan fingerprint density at radius 3 is 2.53 bits per heavy atom. The van der Waals surface area contributed by atoms with Gasteiger partial charge < -0.3 is 19.2 Å². The third-order valence-electron chi connectivity index (χ3n) is 4.36. The smallest absolute Gasteiger partial charge is 0.387 e. The van der Waals surface area contributed by atoms with Gasteiger partial charge in [0, 0.05) is 6.54 Å². The van der Waals surface area contributed by atoms with E-state index in [0.29, 0.717) is 11.3 Å². The van der Waals surface area contributed by atoms with E-state index in [-0.39, 0.29) is 36.5 Å². The second-order valence-electron chi connectivity index (χ2n) is 6.38. The van der Waals surface area contributed by atoms with Crippen molar-refractivity contribution >= 4 is 5.91 Å². The number of benzene rings is 2. The summed E-state index contributed by atoms with van der Waals surface area (Å²) in [6.07, 6.45) is 1.59. The van der Waals surface area contributed by atoms with E-state index in [1.165, 1.54) is 13.2 Å². The summed E-state index contributed by atoms with van der Waals surface area (Å²) in [5.41, 5.74) is 1.66. The third-order valence-corrected chi connectivity index (χ3v) is 4.36. The normalized spacial score (nSPS) is 11.9. The number of ether oxygens (including phenoxy) is 2. The Hall–Kier alpha value is -3.39. The Kier molecular flexibility index (Phi) is 7.40. The Bertz CT molecular complexity index is 934. The highest BCUT2D eigenvalue weighted by Crippen LogP contribution is 2.29. The predicted molar refractivity (Wildman–Crippen MR) is 106 cm³/mol. The molecule has 2 aromatic carbocycles. The second-order valence-corrected chi connectivity index (χ2v) is 6.38. The lowest BCUT2D eigenvalue weighted by Crippen LogP contribution is -2.35. The number of halogens is 2. The van der Waals surface area contributed by atoms with Crippen LogP contribution in [-0.4, -0.2) is 26.2 Å². The van der Waals surface area contributed by atoms with Crippen molar-refractivity contribution in [1.29, 1.82) is 0 Å². The first kappa shape index (κ1) is 21.3. The van der Waals surface area contributed by atoms with Crippen LogP contribution in [0.25, 0.3) is 0 Å². The van der Waals surface area contributed by atoms with Crippen molar-refractivity contribution < 1.29 is 27.5 Å². The molecule has 3 aromatic rings. The maximum Gasteiger partial charge on any atom is 0.387 e. The number of hydrogen-bond acceptors (Lipinski definition) is 5. The van der Waals surface area contributed by atoms with Gasteiger partial charge in [0.15, 0.2) is 11.5 Å². The molecule has 2 N–H and O–H groups in total. The molecule has 0 bridgehead atoms. The molecular formula is C22H22F2N2O4. The summed E-state index contributed by atoms with van der Waals surface area (Å²) < 4.78 is 39.8. The van der Waals surface area contributed by atoms with E-state index in [0.717, 1.165) is 5.56 Å². The molecule has 0 aliphatic heterocycles. The lowest BCUT2D eigenvalue weighted by Gasteiger charge is -2.17. The molecule has 0 saturated carbocycles. The molecule has 8 heteroatoms. The Labute approximate surface area is 172 Å². The number of carbonyl (C=O) groups excluding carboxylic acids is 1. The van der Waals surface area contributed by atoms with Gasteiger partial charge in [-0.2, -0.15) is 8.78 Å². The Morgan fingerprint density at radius 2 is 1.87 bits per heavy atom. The molecule has 30 heavy (non-hydrogen) atoms. The van der Waals surface area contributed by atoms with E-state index in [9.17, 15) is 13.6 Å². The topological polar surface area (TPSA) is 72.7 Å². The molecule has 1 amide bonds. The van der Waals surface area contributed by atoms with E-state index < -0.39 is 6.61 Å². The summed E-state index contributed by atoms with van der Waals surface area (Å²) in [5, 5.41) is 5.98. The number of amides is 1. The molecule has 0 aliphatic carbocycles. The first-order valence-electron chi connectivity index (χ1n) is 9.27. The maximum absolute atomic E-state index is 12.4. The molecule has 0 fully saturated rings. The average Bonchev–Trinajstić information content (AvgIpc) is 3.28. The highest BCUT2D eigenvalue weighted by molar-refractivity contribution is 5.78. The summed E-state index contributed by atoms with van der Waals surface area (Å²) in [6, 6.07) is 17.5. The van der Waals surface area contributed by atoms with Crippen LogP contribution in [0.15, 0.2) is 71.3 Å². The first-order chi connectivity index (χ1) is 14.6. The van der Waals surface area contributed by atoms with Gasteiger partial charge in [0.25, 0.3) is 0 Å². The van der Waals surface area contributed by atoms with Crippen molar-refractivity contribution in [1.82, 2.24) is 10.6 Å². The van der Waals surface area contributed by atoms with Gasteiger partial charge in [-0.3, -0.25) is 10.1 Å². The molecule has 0 spiro atoms. The number of methoxy groups -OCH3 is 1. The number of nitrogens with one attached hydrogen (secondary N) is 2. The minimum absolute atomic E-state index is 0.0595. The van der Waals surface area contributed by atoms with Gasteiger partial charge in [0.05, 0.1) is 26.0 Å². The number of furan rings is 1. The number of carbonyl (C=O) groups is 1. The summed E-state index contributed by atoms with van der Waals surface area (Å²) >= 11 is 0. The summed E-state index contributed by atoms with van der Waals surface area (Å²) in [7, 11) is 1.36. The average molecular weight is 416 g/mol. The van der Waals surface area contributed by atoms with Crippen LogP contribution in [0.3, 0.4) is 0 Å². The van der Waals surface area contributed by atoms with Crippen LogP contribution in [0, 0.1) is 0 Å². The molecule has 0 unspecified atom stereocenters. The van der Waals surface area contributed by atoms with Crippen molar-refractivity contribution in [3.63, 3.8) is 0 Å². The largest absolute Gasteiger partial charge is 0.493 e. The summed E-state index contributed by atoms with van der Waals surface area (Å²) in [6.45, 7) is -2.67. The van der Waals surface area contributed by atoms with Crippen molar-refractivity contribution in [3.05, 3.63) is 83.8 Å². The van der Waals surface area contributed by atoms with Crippen molar-refractivity contribution in [2.45, 2.75) is 19.2 Å². The van der Waals surface area contributed by atoms with Gasteiger partial charge in [0.2, 0.25) is 5.91 Å². The zero-order chi connectivity index (χ0) is 21.3. The van der Waals surface area contributed by atoms with E-state index >= 15 is 0 Å². The predicted octanol–water partition coefficient (Wildman–Crippen LogP) is 3.89. The van der Waals surface area contributed by atoms with Crippen LogP contribution in [0.2, 0.25) is 0 Å². The maximum atomic E-state index is 12.4. The Balaban J connectivity index is 1.57. The van der Waals surface area contributed by atoms with Crippen LogP contribution >= 0.6 is 0 Å². The molecule has 6 nitrogen and oxygen atoms in total. The second kappa shape index (κ2) is 10.4. The molecule has 1 atom stereocenters. The molecule has 0 aliphatic rings. The quantitative estimate of drug-likeness (QED) is 0.525. The van der Waals surface area contributed by atoms with E-state index in [4.69, 9.17) is 9.15 Å². The fourth-order valence-corrected chi connectivity index (χ4v) is 2.96. The lowest BCUT2D eigenvalue weighted by atomic mass is 10.0. The minimum atomic E-state index is -2.94. The van der Waals surface area contributed by atoms with Crippen LogP contribution in [0.1, 0.15) is 22.9 Å². The van der Waals surface area contributed by atoms with Gasteiger partial charge in [0.1, 0.15) is 5.76 Å². The molecule has 158 valence electrons. The number of hydrogen-bond donors (Lipinski definition) is 2. The van der Waals surface area contributed by atoms with Gasteiger partial charge in [-0.25, -0.2) is 0 Å². The fourth-order valence-electron chi connectivity index (χ4n) is 2.96. The molecule has 1 heterocycles. The van der Waals surface area contributed by atoms with Crippen LogP contribution in [0.4, 0.5) is 8.78 Å². The number of rotatable bonds is 10. The Morgan fingerprint density at radius 1 is 1.07 bits per heavy atom. The minimum Gasteiger partial charge on any atom is -0.493 e. The molecule has 0 radical (unpaired) electrons. The summed E-state index contributed by atoms with van der Waals surface area (Å²) in [4.78, 5) is 12.3. The monoisotopic (exact) mass is 416 g/mol. The molecule has 3 rings (SSSR count). The van der Waals surface area contributed by atoms with E-state index in [1.807, 2.05) is 36.4 Å². The highest BCUT2D eigenvalue weighted by Gasteiger charge is 2.17. The molecule has 0 saturated heterocycles. The first-order valence-corrected chi connectivity index (χ1v) is 9.27. The summed E-state index contributed by atoms with van der Waals surface area (Å²) in [5.74, 6) is 0.582. The van der Waals surface area contributed by atoms with E-state index in [1.54, 1.807) is 24.5 Å². The standard InChI is InChI=1S/C22H22F2N2O4/c1-28-19-12-15(9-10-17(19)30-22(23)24)13-25-20(27)14-26-21(18-8-5-11-29-18)16-6-3-2-4-7-16/h2-12,21-22,26H,13-14H2,1H3,(H,25,27)/t21-/m1/s1. The van der Waals surface area contributed by atoms with Crippen molar-refractivity contribution in [2.24, 2.45) is 0 Å². The van der Waals surface area contributed by atoms with Gasteiger partial charge in [-0.05, 0) is 35.4 Å². The van der Waals surface area contributed by atoms with Crippen LogP contribution in [0.5, 0.6) is 11.5 Å². The molecule has 1 aromatic heterocycles. The molecular weight excluding hydrogens is 394 g/mol. The lowest BCUT2D eigenvalue weighted by molar-refractivity contribution is -0.120. The zero-order valence-corrected chi connectivity index (χ0v) is 16.3. The van der Waals surface area contributed by atoms with Crippen LogP contribution in [-0.2, 0) is 11.3 Å². The van der Waals surface area contributed by atoms with Crippen LogP contribution < -0.4 is 20.1 Å². The SMILES string of the molecule is COc1cc(CNC(=O)CN[C@H](c2ccccc2)c2ccco2)ccc1OC(F)F. The fraction of sp³-hybridized carbons (Fsp3) is 0.227. The highest BCUT2D eigenvalue weighted by atomic mass is 19.3. The third kappa shape index (κ3) is 5.81. The van der Waals surface area contributed by atoms with Crippen molar-refractivity contribution in [3.8, 4) is 11.5 Å². The van der Waals surface area contributed by atoms with Crippen molar-refractivity contribution in [2.75, 3.05) is 13.7 Å². The number of alkyl halides is 2.